The van der Waals surface area contributed by atoms with Gasteiger partial charge in [-0.25, -0.2) is 0 Å². The fourth-order valence-corrected chi connectivity index (χ4v) is 9.77. The molecule has 5 heterocycles. The van der Waals surface area contributed by atoms with Crippen LogP contribution in [0.1, 0.15) is 26.7 Å². The molecule has 0 bridgehead atoms. The van der Waals surface area contributed by atoms with Crippen molar-refractivity contribution >= 4 is 35.2 Å². The first kappa shape index (κ1) is 31.1. The normalized spacial score (nSPS) is 32.0. The third-order valence-electron chi connectivity index (χ3n) is 9.70. The van der Waals surface area contributed by atoms with E-state index in [0.29, 0.717) is 58.8 Å². The molecule has 0 aromatic heterocycles. The molecule has 1 N–H and O–H groups in total. The number of carbonyl (C=O) groups is 3. The highest BCUT2D eigenvalue weighted by atomic mass is 32.2. The van der Waals surface area contributed by atoms with Gasteiger partial charge in [-0.15, -0.1) is 11.8 Å². The van der Waals surface area contributed by atoms with Gasteiger partial charge in [0.15, 0.2) is 0 Å². The maximum absolute atomic E-state index is 14.6. The lowest BCUT2D eigenvalue weighted by atomic mass is 9.74. The molecule has 3 saturated heterocycles. The summed E-state index contributed by atoms with van der Waals surface area (Å²) in [6.45, 7) is 10.2. The third kappa shape index (κ3) is 5.46. The Morgan fingerprint density at radius 1 is 0.932 bits per heavy atom. The molecule has 6 rings (SSSR count). The molecule has 1 aromatic rings. The number of fused-ring (bicyclic) bond motifs is 2. The van der Waals surface area contributed by atoms with E-state index in [0.717, 1.165) is 31.1 Å². The molecule has 5 aliphatic rings. The number of nitrogens with zero attached hydrogens (tertiary/aromatic N) is 4. The lowest BCUT2D eigenvalue weighted by Crippen LogP contribution is -2.54. The molecule has 10 nitrogen and oxygen atoms in total. The van der Waals surface area contributed by atoms with Crippen LogP contribution in [0.4, 0.5) is 5.69 Å². The Hall–Kier alpha value is -2.86. The molecule has 44 heavy (non-hydrogen) atoms. The number of amides is 3. The summed E-state index contributed by atoms with van der Waals surface area (Å²) in [4.78, 5) is 51.3. The fourth-order valence-electron chi connectivity index (χ4n) is 7.61. The minimum atomic E-state index is -0.873. The molecular weight excluding hydrogens is 580 g/mol. The Morgan fingerprint density at radius 3 is 2.41 bits per heavy atom. The SMILES string of the molecule is CCOc1ccc(N2CC=C[C@]3(C)S[C@]45C=CCN(CCN6CCOCC6)C(=O)C4N(CCCCO)C(=O)[C@@H]5[C@@H]3C2=O)cc1. The predicted octanol–water partition coefficient (Wildman–Crippen LogP) is 2.18. The van der Waals surface area contributed by atoms with Crippen LogP contribution in [0.15, 0.2) is 48.6 Å². The van der Waals surface area contributed by atoms with Crippen molar-refractivity contribution in [3.05, 3.63) is 48.6 Å². The summed E-state index contributed by atoms with van der Waals surface area (Å²) in [5.74, 6) is -0.895. The molecule has 3 amide bonds. The molecule has 238 valence electrons. The number of hydrogen-bond acceptors (Lipinski definition) is 8. The smallest absolute Gasteiger partial charge is 0.247 e. The number of hydrogen-bond donors (Lipinski definition) is 1. The number of likely N-dealkylation sites (tertiary alicyclic amines) is 1. The van der Waals surface area contributed by atoms with Crippen LogP contribution in [0.25, 0.3) is 0 Å². The fraction of sp³-hybridized carbons (Fsp3) is 0.606. The van der Waals surface area contributed by atoms with Gasteiger partial charge in [-0.2, -0.15) is 0 Å². The third-order valence-corrected chi connectivity index (χ3v) is 11.5. The summed E-state index contributed by atoms with van der Waals surface area (Å²) in [5, 5.41) is 9.50. The molecule has 0 radical (unpaired) electrons. The van der Waals surface area contributed by atoms with Crippen LogP contribution in [0.2, 0.25) is 0 Å². The highest BCUT2D eigenvalue weighted by Crippen LogP contribution is 2.65. The van der Waals surface area contributed by atoms with Gasteiger partial charge in [-0.05, 0) is 51.0 Å². The summed E-state index contributed by atoms with van der Waals surface area (Å²) < 4.78 is 9.56. The molecule has 0 saturated carbocycles. The van der Waals surface area contributed by atoms with Crippen molar-refractivity contribution in [2.45, 2.75) is 42.2 Å². The first-order chi connectivity index (χ1) is 21.3. The van der Waals surface area contributed by atoms with Crippen LogP contribution in [0.5, 0.6) is 5.75 Å². The van der Waals surface area contributed by atoms with Crippen LogP contribution >= 0.6 is 11.8 Å². The number of benzene rings is 1. The highest BCUT2D eigenvalue weighted by Gasteiger charge is 2.73. The Bertz CT molecular complexity index is 1300. The van der Waals surface area contributed by atoms with Crippen molar-refractivity contribution in [3.63, 3.8) is 0 Å². The van der Waals surface area contributed by atoms with Crippen molar-refractivity contribution in [1.82, 2.24) is 14.7 Å². The van der Waals surface area contributed by atoms with Gasteiger partial charge in [0.05, 0.1) is 36.4 Å². The average molecular weight is 625 g/mol. The van der Waals surface area contributed by atoms with E-state index in [1.165, 1.54) is 0 Å². The maximum atomic E-state index is 14.6. The lowest BCUT2D eigenvalue weighted by Gasteiger charge is -2.37. The van der Waals surface area contributed by atoms with Crippen molar-refractivity contribution in [1.29, 1.82) is 0 Å². The van der Waals surface area contributed by atoms with Crippen LogP contribution in [0, 0.1) is 11.8 Å². The summed E-state index contributed by atoms with van der Waals surface area (Å²) in [7, 11) is 0. The van der Waals surface area contributed by atoms with Gasteiger partial charge in [-0.1, -0.05) is 24.3 Å². The monoisotopic (exact) mass is 624 g/mol. The van der Waals surface area contributed by atoms with Crippen molar-refractivity contribution in [2.75, 3.05) is 77.1 Å². The van der Waals surface area contributed by atoms with E-state index in [1.807, 2.05) is 55.2 Å². The Morgan fingerprint density at radius 2 is 1.68 bits per heavy atom. The van der Waals surface area contributed by atoms with Crippen LogP contribution in [-0.4, -0.2) is 125 Å². The van der Waals surface area contributed by atoms with Gasteiger partial charge >= 0.3 is 0 Å². The zero-order chi connectivity index (χ0) is 30.9. The number of anilines is 1. The molecule has 0 aliphatic carbocycles. The zero-order valence-corrected chi connectivity index (χ0v) is 26.5. The second-order valence-electron chi connectivity index (χ2n) is 12.4. The van der Waals surface area contributed by atoms with Crippen molar-refractivity contribution in [2.24, 2.45) is 11.8 Å². The second-order valence-corrected chi connectivity index (χ2v) is 14.2. The number of aliphatic hydroxyl groups is 1. The minimum absolute atomic E-state index is 0.0244. The first-order valence-corrected chi connectivity index (χ1v) is 16.7. The number of rotatable bonds is 10. The van der Waals surface area contributed by atoms with E-state index in [-0.39, 0.29) is 24.3 Å². The number of carbonyl (C=O) groups excluding carboxylic acids is 3. The summed E-state index contributed by atoms with van der Waals surface area (Å²) in [5.41, 5.74) is 0.752. The van der Waals surface area contributed by atoms with Gasteiger partial charge in [0.25, 0.3) is 0 Å². The molecular formula is C33H44N4O6S. The second kappa shape index (κ2) is 12.9. The van der Waals surface area contributed by atoms with Crippen molar-refractivity contribution in [3.8, 4) is 5.75 Å². The van der Waals surface area contributed by atoms with Gasteiger partial charge in [-0.3, -0.25) is 19.3 Å². The van der Waals surface area contributed by atoms with E-state index < -0.39 is 27.4 Å². The molecule has 1 spiro atoms. The lowest BCUT2D eigenvalue weighted by molar-refractivity contribution is -0.143. The topological polar surface area (TPSA) is 103 Å². The highest BCUT2D eigenvalue weighted by molar-refractivity contribution is 8.02. The Labute approximate surface area is 264 Å². The van der Waals surface area contributed by atoms with Gasteiger partial charge in [0, 0.05) is 62.9 Å². The standard InChI is InChI=1S/C33H44N4O6S/c1-3-43-25-10-8-24(9-11-25)36-16-6-12-32(2)26(29(36)39)27-30(40)37(15-4-5-21-38)28-31(41)35(14-7-13-33(27,28)44-32)18-17-34-19-22-42-23-20-34/h6-13,26-28,38H,3-5,14-23H2,1-2H3/t26-,27+,28?,32+,33+/m1/s1. The average Bonchev–Trinajstić information content (AvgIpc) is 3.29. The van der Waals surface area contributed by atoms with E-state index in [1.54, 1.807) is 21.6 Å². The molecule has 3 fully saturated rings. The summed E-state index contributed by atoms with van der Waals surface area (Å²) in [6.07, 6.45) is 9.35. The van der Waals surface area contributed by atoms with E-state index in [2.05, 4.69) is 17.1 Å². The number of ether oxygens (including phenoxy) is 2. The van der Waals surface area contributed by atoms with E-state index >= 15 is 0 Å². The summed E-state index contributed by atoms with van der Waals surface area (Å²) in [6, 6.07) is 6.79. The first-order valence-electron chi connectivity index (χ1n) is 15.9. The van der Waals surface area contributed by atoms with Crippen LogP contribution in [0.3, 0.4) is 0 Å². The Balaban J connectivity index is 1.33. The molecule has 11 heteroatoms. The van der Waals surface area contributed by atoms with Gasteiger partial charge in [0.1, 0.15) is 11.8 Å². The van der Waals surface area contributed by atoms with E-state index in [9.17, 15) is 19.5 Å². The molecule has 5 aliphatic heterocycles. The summed E-state index contributed by atoms with van der Waals surface area (Å²) >= 11 is 1.61. The molecule has 5 atom stereocenters. The van der Waals surface area contributed by atoms with Crippen LogP contribution < -0.4 is 9.64 Å². The predicted molar refractivity (Wildman–Crippen MR) is 170 cm³/mol. The van der Waals surface area contributed by atoms with Gasteiger partial charge < -0.3 is 29.3 Å². The largest absolute Gasteiger partial charge is 0.494 e. The zero-order valence-electron chi connectivity index (χ0n) is 25.7. The number of aliphatic hydroxyl groups excluding tert-OH is 1. The molecule has 1 aromatic carbocycles. The minimum Gasteiger partial charge on any atom is -0.494 e. The van der Waals surface area contributed by atoms with Crippen molar-refractivity contribution < 1.29 is 29.0 Å². The van der Waals surface area contributed by atoms with Gasteiger partial charge in [0.2, 0.25) is 17.7 Å². The van der Waals surface area contributed by atoms with Crippen LogP contribution in [-0.2, 0) is 19.1 Å². The van der Waals surface area contributed by atoms with E-state index in [4.69, 9.17) is 9.47 Å². The maximum Gasteiger partial charge on any atom is 0.247 e. The number of morpholine rings is 1. The number of unbranched alkanes of at least 4 members (excludes halogenated alkanes) is 1. The number of thioether (sulfide) groups is 1. The molecule has 1 unspecified atom stereocenters. The quantitative estimate of drug-likeness (QED) is 0.312. The Kier molecular flexibility index (Phi) is 9.10.